The first-order valence-corrected chi connectivity index (χ1v) is 7.66. The van der Waals surface area contributed by atoms with Crippen molar-refractivity contribution >= 4 is 22.6 Å². The van der Waals surface area contributed by atoms with Gasteiger partial charge >= 0.3 is 0 Å². The van der Waals surface area contributed by atoms with Gasteiger partial charge < -0.3 is 9.84 Å². The van der Waals surface area contributed by atoms with Crippen LogP contribution in [0.3, 0.4) is 0 Å². The Morgan fingerprint density at radius 3 is 2.61 bits per heavy atom. The number of nitrogens with one attached hydrogen (secondary N) is 1. The van der Waals surface area contributed by atoms with Gasteiger partial charge in [-0.3, -0.25) is 4.79 Å². The van der Waals surface area contributed by atoms with E-state index in [2.05, 4.69) is 16.5 Å². The molecule has 1 heterocycles. The van der Waals surface area contributed by atoms with Gasteiger partial charge in [-0.25, -0.2) is 0 Å². The lowest BCUT2D eigenvalue weighted by atomic mass is 10.0. The lowest BCUT2D eigenvalue weighted by Crippen LogP contribution is -2.15. The topological polar surface area (TPSA) is 55.1 Å². The minimum Gasteiger partial charge on any atom is -0.356 e. The fourth-order valence-electron chi connectivity index (χ4n) is 2.86. The zero-order chi connectivity index (χ0) is 16.6. The van der Waals surface area contributed by atoms with E-state index in [0.29, 0.717) is 5.69 Å². The van der Waals surface area contributed by atoms with E-state index < -0.39 is 0 Å². The van der Waals surface area contributed by atoms with Crippen LogP contribution in [0, 0.1) is 27.7 Å². The normalized spacial score (nSPS) is 11.0. The average molecular weight is 308 g/mol. The molecule has 0 aliphatic rings. The van der Waals surface area contributed by atoms with Crippen LogP contribution in [-0.4, -0.2) is 11.1 Å². The fraction of sp³-hybridized carbons (Fsp3) is 0.263. The number of aryl methyl sites for hydroxylation is 4. The van der Waals surface area contributed by atoms with E-state index >= 15 is 0 Å². The van der Waals surface area contributed by atoms with Crippen molar-refractivity contribution in [2.75, 3.05) is 5.32 Å². The van der Waals surface area contributed by atoms with Crippen molar-refractivity contribution in [1.82, 2.24) is 5.16 Å². The Morgan fingerprint density at radius 1 is 1.04 bits per heavy atom. The molecule has 3 rings (SSSR count). The summed E-state index contributed by atoms with van der Waals surface area (Å²) >= 11 is 0. The summed E-state index contributed by atoms with van der Waals surface area (Å²) in [5, 5.41) is 7.98. The summed E-state index contributed by atoms with van der Waals surface area (Å²) in [7, 11) is 0. The number of amides is 1. The van der Waals surface area contributed by atoms with Crippen molar-refractivity contribution in [3.63, 3.8) is 0 Å². The molecule has 0 spiro atoms. The second-order valence-electron chi connectivity index (χ2n) is 6.13. The average Bonchev–Trinajstić information content (AvgIpc) is 2.85. The molecule has 4 heteroatoms. The van der Waals surface area contributed by atoms with E-state index in [1.807, 2.05) is 52.0 Å². The number of carbonyl (C=O) groups is 1. The number of aromatic nitrogens is 1. The third kappa shape index (κ3) is 3.11. The molecule has 0 saturated heterocycles. The van der Waals surface area contributed by atoms with Crippen LogP contribution in [0.15, 0.2) is 34.9 Å². The molecule has 118 valence electrons. The Balaban J connectivity index is 1.85. The Bertz CT molecular complexity index is 894. The van der Waals surface area contributed by atoms with Crippen molar-refractivity contribution in [2.45, 2.75) is 34.1 Å². The molecule has 1 amide bonds. The zero-order valence-electron chi connectivity index (χ0n) is 13.9. The van der Waals surface area contributed by atoms with E-state index in [0.717, 1.165) is 38.9 Å². The van der Waals surface area contributed by atoms with Crippen molar-refractivity contribution in [2.24, 2.45) is 0 Å². The lowest BCUT2D eigenvalue weighted by Gasteiger charge is -2.09. The predicted octanol–water partition coefficient (Wildman–Crippen LogP) is 4.24. The molecule has 0 radical (unpaired) electrons. The SMILES string of the molecule is Cc1ccc(C)c(NC(=O)Cc2noc3cc(C)cc(C)c23)c1. The number of rotatable bonds is 3. The molecule has 0 atom stereocenters. The van der Waals surface area contributed by atoms with Crippen molar-refractivity contribution < 1.29 is 9.32 Å². The molecule has 0 aliphatic heterocycles. The number of anilines is 1. The molecule has 4 nitrogen and oxygen atoms in total. The maximum absolute atomic E-state index is 12.4. The highest BCUT2D eigenvalue weighted by Gasteiger charge is 2.15. The second kappa shape index (κ2) is 5.88. The maximum Gasteiger partial charge on any atom is 0.230 e. The molecule has 0 unspecified atom stereocenters. The molecule has 1 N–H and O–H groups in total. The van der Waals surface area contributed by atoms with Crippen molar-refractivity contribution in [3.8, 4) is 0 Å². The molecule has 0 saturated carbocycles. The monoisotopic (exact) mass is 308 g/mol. The highest BCUT2D eigenvalue weighted by atomic mass is 16.5. The number of hydrogen-bond acceptors (Lipinski definition) is 3. The zero-order valence-corrected chi connectivity index (χ0v) is 13.9. The molecule has 3 aromatic rings. The Morgan fingerprint density at radius 2 is 1.83 bits per heavy atom. The molecule has 2 aromatic carbocycles. The first-order chi connectivity index (χ1) is 10.9. The molecular weight excluding hydrogens is 288 g/mol. The quantitative estimate of drug-likeness (QED) is 0.787. The number of nitrogens with zero attached hydrogens (tertiary/aromatic N) is 1. The highest BCUT2D eigenvalue weighted by Crippen LogP contribution is 2.25. The Hall–Kier alpha value is -2.62. The third-order valence-corrected chi connectivity index (χ3v) is 3.98. The fourth-order valence-corrected chi connectivity index (χ4v) is 2.86. The number of benzene rings is 2. The van der Waals surface area contributed by atoms with Gasteiger partial charge in [-0.1, -0.05) is 23.4 Å². The third-order valence-electron chi connectivity index (χ3n) is 3.98. The largest absolute Gasteiger partial charge is 0.356 e. The van der Waals surface area contributed by atoms with Crippen LogP contribution < -0.4 is 5.32 Å². The summed E-state index contributed by atoms with van der Waals surface area (Å²) in [4.78, 5) is 12.4. The van der Waals surface area contributed by atoms with Crippen LogP contribution in [0.5, 0.6) is 0 Å². The van der Waals surface area contributed by atoms with Crippen LogP contribution in [0.25, 0.3) is 11.0 Å². The van der Waals surface area contributed by atoms with Crippen molar-refractivity contribution in [1.29, 1.82) is 0 Å². The first-order valence-electron chi connectivity index (χ1n) is 7.66. The summed E-state index contributed by atoms with van der Waals surface area (Å²) in [6.45, 7) is 8.01. The van der Waals surface area contributed by atoms with E-state index in [1.54, 1.807) is 0 Å². The number of carbonyl (C=O) groups excluding carboxylic acids is 1. The Labute approximate surface area is 135 Å². The van der Waals surface area contributed by atoms with E-state index in [1.165, 1.54) is 0 Å². The molecule has 0 bridgehead atoms. The highest BCUT2D eigenvalue weighted by molar-refractivity contribution is 5.96. The van der Waals surface area contributed by atoms with Crippen molar-refractivity contribution in [3.05, 3.63) is 58.3 Å². The lowest BCUT2D eigenvalue weighted by molar-refractivity contribution is -0.115. The second-order valence-corrected chi connectivity index (χ2v) is 6.13. The van der Waals surface area contributed by atoms with Gasteiger partial charge in [0, 0.05) is 11.1 Å². The summed E-state index contributed by atoms with van der Waals surface area (Å²) in [5.74, 6) is -0.0890. The maximum atomic E-state index is 12.4. The van der Waals surface area contributed by atoms with E-state index in [4.69, 9.17) is 4.52 Å². The summed E-state index contributed by atoms with van der Waals surface area (Å²) < 4.78 is 5.37. The van der Waals surface area contributed by atoms with Gasteiger partial charge in [0.05, 0.1) is 6.42 Å². The molecule has 1 aromatic heterocycles. The van der Waals surface area contributed by atoms with E-state index in [-0.39, 0.29) is 12.3 Å². The van der Waals surface area contributed by atoms with Crippen LogP contribution in [0.4, 0.5) is 5.69 Å². The van der Waals surface area contributed by atoms with Crippen LogP contribution in [0.1, 0.15) is 27.9 Å². The first kappa shape index (κ1) is 15.3. The van der Waals surface area contributed by atoms with Gasteiger partial charge in [0.1, 0.15) is 5.69 Å². The molecule has 23 heavy (non-hydrogen) atoms. The standard InChI is InChI=1S/C19H20N2O2/c1-11-5-6-13(3)15(8-11)20-18(22)10-16-19-14(4)7-12(2)9-17(19)23-21-16/h5-9H,10H2,1-4H3,(H,20,22). The molecular formula is C19H20N2O2. The van der Waals surface area contributed by atoms with Gasteiger partial charge in [0.2, 0.25) is 5.91 Å². The summed E-state index contributed by atoms with van der Waals surface area (Å²) in [6, 6.07) is 10.0. The van der Waals surface area contributed by atoms with Crippen LogP contribution >= 0.6 is 0 Å². The number of fused-ring (bicyclic) bond motifs is 1. The summed E-state index contributed by atoms with van der Waals surface area (Å²) in [6.07, 6.45) is 0.199. The Kier molecular flexibility index (Phi) is 3.90. The van der Waals surface area contributed by atoms with Gasteiger partial charge in [0.25, 0.3) is 0 Å². The van der Waals surface area contributed by atoms with Gasteiger partial charge in [-0.2, -0.15) is 0 Å². The minimum absolute atomic E-state index is 0.0890. The van der Waals surface area contributed by atoms with Gasteiger partial charge in [0.15, 0.2) is 5.58 Å². The van der Waals surface area contributed by atoms with Gasteiger partial charge in [-0.05, 0) is 62.1 Å². The van der Waals surface area contributed by atoms with Gasteiger partial charge in [-0.15, -0.1) is 0 Å². The smallest absolute Gasteiger partial charge is 0.230 e. The van der Waals surface area contributed by atoms with Crippen LogP contribution in [0.2, 0.25) is 0 Å². The predicted molar refractivity (Wildman–Crippen MR) is 91.7 cm³/mol. The van der Waals surface area contributed by atoms with E-state index in [9.17, 15) is 4.79 Å². The molecule has 0 aliphatic carbocycles. The molecule has 0 fully saturated rings. The minimum atomic E-state index is -0.0890. The number of hydrogen-bond donors (Lipinski definition) is 1. The summed E-state index contributed by atoms with van der Waals surface area (Å²) in [5.41, 5.74) is 6.62. The van der Waals surface area contributed by atoms with Crippen LogP contribution in [-0.2, 0) is 11.2 Å².